The maximum Gasteiger partial charge on any atom is 0.340 e. The van der Waals surface area contributed by atoms with Crippen LogP contribution in [0.2, 0.25) is 0 Å². The van der Waals surface area contributed by atoms with Crippen LogP contribution in [0.3, 0.4) is 0 Å². The number of alkyl halides is 4. The first kappa shape index (κ1) is 15.0. The number of ether oxygens (including phenoxy) is 1. The number of nitrogens with two attached hydrogens (primary N) is 1. The molecule has 0 unspecified atom stereocenters. The third kappa shape index (κ3) is 4.99. The number of carbonyl (C=O) groups excluding carboxylic acids is 1. The highest BCUT2D eigenvalue weighted by Crippen LogP contribution is 2.24. The molecule has 0 heterocycles. The fourth-order valence-electron chi connectivity index (χ4n) is 1.10. The minimum Gasteiger partial charge on any atom is -0.487 e. The van der Waals surface area contributed by atoms with Crippen molar-refractivity contribution in [1.82, 2.24) is 0 Å². The number of benzene rings is 1. The van der Waals surface area contributed by atoms with E-state index in [2.05, 4.69) is 4.74 Å². The van der Waals surface area contributed by atoms with Crippen molar-refractivity contribution in [3.05, 3.63) is 35.9 Å². The van der Waals surface area contributed by atoms with Crippen molar-refractivity contribution in [1.29, 1.82) is 0 Å². The fraction of sp³-hybridized carbons (Fsp3) is 0.250. The predicted molar refractivity (Wildman–Crippen MR) is 61.1 cm³/mol. The summed E-state index contributed by atoms with van der Waals surface area (Å²) in [7, 11) is 0. The molecule has 0 saturated carbocycles. The van der Waals surface area contributed by atoms with Crippen molar-refractivity contribution in [3.8, 4) is 5.75 Å². The number of halogens is 4. The summed E-state index contributed by atoms with van der Waals surface area (Å²) >= 11 is 0. The van der Waals surface area contributed by atoms with Crippen LogP contribution in [0.1, 0.15) is 5.56 Å². The molecule has 0 aromatic heterocycles. The molecular formula is C12H11F4NO2. The van der Waals surface area contributed by atoms with E-state index >= 15 is 0 Å². The molecule has 0 saturated heterocycles. The van der Waals surface area contributed by atoms with Crippen LogP contribution in [0.25, 0.3) is 6.08 Å². The van der Waals surface area contributed by atoms with E-state index < -0.39 is 24.9 Å². The molecule has 1 aromatic carbocycles. The Morgan fingerprint density at radius 3 is 2.37 bits per heavy atom. The lowest BCUT2D eigenvalue weighted by molar-refractivity contribution is -0.148. The van der Waals surface area contributed by atoms with Gasteiger partial charge < -0.3 is 10.5 Å². The van der Waals surface area contributed by atoms with Gasteiger partial charge in [-0.1, -0.05) is 12.1 Å². The zero-order valence-corrected chi connectivity index (χ0v) is 9.65. The van der Waals surface area contributed by atoms with Crippen LogP contribution in [-0.2, 0) is 4.79 Å². The molecule has 0 spiro atoms. The number of primary amides is 1. The Morgan fingerprint density at radius 2 is 1.89 bits per heavy atom. The summed E-state index contributed by atoms with van der Waals surface area (Å²) in [5.41, 5.74) is 5.48. The molecule has 1 amide bonds. The Hall–Kier alpha value is -2.05. The smallest absolute Gasteiger partial charge is 0.340 e. The molecular weight excluding hydrogens is 266 g/mol. The van der Waals surface area contributed by atoms with Gasteiger partial charge in [-0.15, -0.1) is 0 Å². The third-order valence-electron chi connectivity index (χ3n) is 2.07. The van der Waals surface area contributed by atoms with E-state index in [9.17, 15) is 22.4 Å². The largest absolute Gasteiger partial charge is 0.487 e. The van der Waals surface area contributed by atoms with Gasteiger partial charge in [-0.25, -0.2) is 8.78 Å². The molecule has 0 atom stereocenters. The number of hydrogen-bond donors (Lipinski definition) is 1. The highest BCUT2D eigenvalue weighted by Gasteiger charge is 2.41. The minimum absolute atomic E-state index is 0.0246. The number of rotatable bonds is 6. The second kappa shape index (κ2) is 6.21. The molecule has 0 aliphatic carbocycles. The molecule has 0 aliphatic rings. The molecule has 0 aliphatic heterocycles. The molecule has 19 heavy (non-hydrogen) atoms. The summed E-state index contributed by atoms with van der Waals surface area (Å²) in [6.45, 7) is -1.40. The fourth-order valence-corrected chi connectivity index (χ4v) is 1.10. The Kier molecular flexibility index (Phi) is 4.91. The van der Waals surface area contributed by atoms with Crippen LogP contribution in [0.15, 0.2) is 30.3 Å². The SMILES string of the molecule is NC(=O)/C=C/c1ccc(OCC(F)(F)C(F)F)cc1. The zero-order chi connectivity index (χ0) is 14.5. The summed E-state index contributed by atoms with van der Waals surface area (Å²) in [5, 5.41) is 0. The van der Waals surface area contributed by atoms with Crippen molar-refractivity contribution in [3.63, 3.8) is 0 Å². The van der Waals surface area contributed by atoms with Crippen LogP contribution in [0, 0.1) is 0 Å². The van der Waals surface area contributed by atoms with Crippen molar-refractivity contribution < 1.29 is 27.1 Å². The maximum absolute atomic E-state index is 12.6. The number of hydrogen-bond acceptors (Lipinski definition) is 2. The summed E-state index contributed by atoms with van der Waals surface area (Å²) in [5.74, 6) is -4.79. The molecule has 104 valence electrons. The van der Waals surface area contributed by atoms with Gasteiger partial charge in [-0.2, -0.15) is 8.78 Å². The second-order valence-corrected chi connectivity index (χ2v) is 3.66. The Morgan fingerprint density at radius 1 is 1.32 bits per heavy atom. The van der Waals surface area contributed by atoms with E-state index in [1.165, 1.54) is 30.3 Å². The average molecular weight is 277 g/mol. The molecule has 0 bridgehead atoms. The topological polar surface area (TPSA) is 52.3 Å². The first-order valence-corrected chi connectivity index (χ1v) is 5.17. The van der Waals surface area contributed by atoms with E-state index in [1.54, 1.807) is 0 Å². The van der Waals surface area contributed by atoms with Gasteiger partial charge in [0.05, 0.1) is 0 Å². The van der Waals surface area contributed by atoms with Crippen LogP contribution in [-0.4, -0.2) is 24.9 Å². The van der Waals surface area contributed by atoms with Crippen LogP contribution in [0.4, 0.5) is 17.6 Å². The molecule has 1 aromatic rings. The van der Waals surface area contributed by atoms with Gasteiger partial charge in [-0.05, 0) is 23.8 Å². The molecule has 0 radical (unpaired) electrons. The van der Waals surface area contributed by atoms with Gasteiger partial charge in [0.15, 0.2) is 6.61 Å². The number of carbonyl (C=O) groups is 1. The molecule has 1 rings (SSSR count). The van der Waals surface area contributed by atoms with E-state index in [4.69, 9.17) is 5.73 Å². The Balaban J connectivity index is 2.60. The minimum atomic E-state index is -4.19. The van der Waals surface area contributed by atoms with Gasteiger partial charge in [0, 0.05) is 6.08 Å². The quantitative estimate of drug-likeness (QED) is 0.641. The van der Waals surface area contributed by atoms with Crippen LogP contribution >= 0.6 is 0 Å². The Bertz CT molecular complexity index is 457. The normalized spacial score (nSPS) is 12.1. The standard InChI is InChI=1S/C12H11F4NO2/c13-11(14)12(15,16)7-19-9-4-1-8(2-5-9)3-6-10(17)18/h1-6,11H,7H2,(H2,17,18)/b6-3+. The third-order valence-corrected chi connectivity index (χ3v) is 2.07. The van der Waals surface area contributed by atoms with Gasteiger partial charge >= 0.3 is 12.3 Å². The zero-order valence-electron chi connectivity index (χ0n) is 9.65. The summed E-state index contributed by atoms with van der Waals surface area (Å²) < 4.78 is 53.5. The molecule has 7 heteroatoms. The summed E-state index contributed by atoms with van der Waals surface area (Å²) in [4.78, 5) is 10.5. The van der Waals surface area contributed by atoms with E-state index in [1.807, 2.05) is 0 Å². The van der Waals surface area contributed by atoms with Crippen molar-refractivity contribution >= 4 is 12.0 Å². The average Bonchev–Trinajstić information content (AvgIpc) is 2.35. The number of amides is 1. The van der Waals surface area contributed by atoms with Crippen molar-refractivity contribution in [2.75, 3.05) is 6.61 Å². The monoisotopic (exact) mass is 277 g/mol. The van der Waals surface area contributed by atoms with E-state index in [0.717, 1.165) is 6.08 Å². The van der Waals surface area contributed by atoms with Crippen molar-refractivity contribution in [2.24, 2.45) is 5.73 Å². The summed E-state index contributed by atoms with van der Waals surface area (Å²) in [6, 6.07) is 5.58. The highest BCUT2D eigenvalue weighted by atomic mass is 19.3. The highest BCUT2D eigenvalue weighted by molar-refractivity contribution is 5.90. The van der Waals surface area contributed by atoms with Gasteiger partial charge in [0.1, 0.15) is 5.75 Å². The molecule has 2 N–H and O–H groups in total. The Labute approximate surface area is 106 Å². The van der Waals surface area contributed by atoms with Crippen molar-refractivity contribution in [2.45, 2.75) is 12.3 Å². The van der Waals surface area contributed by atoms with Crippen LogP contribution in [0.5, 0.6) is 5.75 Å². The summed E-state index contributed by atoms with van der Waals surface area (Å²) in [6.07, 6.45) is -1.23. The van der Waals surface area contributed by atoms with Gasteiger partial charge in [0.2, 0.25) is 5.91 Å². The maximum atomic E-state index is 12.6. The van der Waals surface area contributed by atoms with Crippen LogP contribution < -0.4 is 10.5 Å². The van der Waals surface area contributed by atoms with Gasteiger partial charge in [-0.3, -0.25) is 4.79 Å². The lowest BCUT2D eigenvalue weighted by Crippen LogP contribution is -2.33. The van der Waals surface area contributed by atoms with Gasteiger partial charge in [0.25, 0.3) is 0 Å². The lowest BCUT2D eigenvalue weighted by Gasteiger charge is -2.15. The van der Waals surface area contributed by atoms with E-state index in [-0.39, 0.29) is 5.75 Å². The lowest BCUT2D eigenvalue weighted by atomic mass is 10.2. The second-order valence-electron chi connectivity index (χ2n) is 3.66. The molecule has 0 fully saturated rings. The molecule has 3 nitrogen and oxygen atoms in total. The first-order valence-electron chi connectivity index (χ1n) is 5.17. The predicted octanol–water partition coefficient (Wildman–Crippen LogP) is 2.46. The van der Waals surface area contributed by atoms with E-state index in [0.29, 0.717) is 5.56 Å². The first-order chi connectivity index (χ1) is 8.81.